The van der Waals surface area contributed by atoms with Crippen LogP contribution in [-0.2, 0) is 16.1 Å². The topological polar surface area (TPSA) is 18.5 Å². The average Bonchev–Trinajstić information content (AvgIpc) is 2.33. The van der Waals surface area contributed by atoms with Crippen molar-refractivity contribution in [2.45, 2.75) is 32.5 Å². The number of rotatable bonds is 3. The van der Waals surface area contributed by atoms with Crippen molar-refractivity contribution < 1.29 is 9.47 Å². The van der Waals surface area contributed by atoms with Crippen LogP contribution in [0.5, 0.6) is 0 Å². The summed E-state index contributed by atoms with van der Waals surface area (Å²) in [6.07, 6.45) is 2.45. The quantitative estimate of drug-likeness (QED) is 0.754. The molecule has 1 aromatic carbocycles. The lowest BCUT2D eigenvalue weighted by molar-refractivity contribution is -0.0570. The number of benzene rings is 1. The van der Waals surface area contributed by atoms with E-state index < -0.39 is 0 Å². The van der Waals surface area contributed by atoms with Gasteiger partial charge in [-0.3, -0.25) is 0 Å². The van der Waals surface area contributed by atoms with Gasteiger partial charge in [0.25, 0.3) is 0 Å². The SMILES string of the molecule is Cc1cc(Cl)c(I)cc1COC1CCCOC1. The molecule has 1 aliphatic rings. The highest BCUT2D eigenvalue weighted by molar-refractivity contribution is 14.1. The molecule has 1 fully saturated rings. The second-order valence-electron chi connectivity index (χ2n) is 4.34. The number of hydrogen-bond donors (Lipinski definition) is 0. The zero-order chi connectivity index (χ0) is 12.3. The van der Waals surface area contributed by atoms with E-state index >= 15 is 0 Å². The Morgan fingerprint density at radius 2 is 2.35 bits per heavy atom. The third-order valence-corrected chi connectivity index (χ3v) is 4.50. The maximum absolute atomic E-state index is 6.07. The van der Waals surface area contributed by atoms with E-state index in [0.717, 1.165) is 34.6 Å². The minimum absolute atomic E-state index is 0.247. The van der Waals surface area contributed by atoms with E-state index in [1.54, 1.807) is 0 Å². The Labute approximate surface area is 121 Å². The third kappa shape index (κ3) is 3.81. The predicted molar refractivity (Wildman–Crippen MR) is 77.5 cm³/mol. The van der Waals surface area contributed by atoms with Gasteiger partial charge in [-0.25, -0.2) is 0 Å². The van der Waals surface area contributed by atoms with Crippen LogP contribution in [0.2, 0.25) is 5.02 Å². The van der Waals surface area contributed by atoms with Crippen LogP contribution >= 0.6 is 34.2 Å². The van der Waals surface area contributed by atoms with E-state index in [2.05, 4.69) is 35.6 Å². The molecule has 0 bridgehead atoms. The van der Waals surface area contributed by atoms with Crippen molar-refractivity contribution in [1.29, 1.82) is 0 Å². The lowest BCUT2D eigenvalue weighted by atomic mass is 10.1. The second kappa shape index (κ2) is 6.36. The van der Waals surface area contributed by atoms with Gasteiger partial charge >= 0.3 is 0 Å². The summed E-state index contributed by atoms with van der Waals surface area (Å²) < 4.78 is 12.3. The summed E-state index contributed by atoms with van der Waals surface area (Å²) >= 11 is 8.32. The summed E-state index contributed by atoms with van der Waals surface area (Å²) in [7, 11) is 0. The predicted octanol–water partition coefficient (Wildman–Crippen LogP) is 3.95. The molecule has 1 saturated heterocycles. The first-order chi connectivity index (χ1) is 8.16. The summed E-state index contributed by atoms with van der Waals surface area (Å²) in [5, 5.41) is 0.813. The van der Waals surface area contributed by atoms with Crippen LogP contribution in [0, 0.1) is 10.5 Å². The van der Waals surface area contributed by atoms with Crippen molar-refractivity contribution >= 4 is 34.2 Å². The zero-order valence-corrected chi connectivity index (χ0v) is 12.8. The molecule has 1 aromatic rings. The molecule has 94 valence electrons. The Kier molecular flexibility index (Phi) is 5.09. The van der Waals surface area contributed by atoms with Gasteiger partial charge < -0.3 is 9.47 Å². The maximum atomic E-state index is 6.07. The highest BCUT2D eigenvalue weighted by Crippen LogP contribution is 2.24. The highest BCUT2D eigenvalue weighted by Gasteiger charge is 2.14. The third-order valence-electron chi connectivity index (χ3n) is 2.97. The average molecular weight is 367 g/mol. The summed E-state index contributed by atoms with van der Waals surface area (Å²) in [6.45, 7) is 4.31. The van der Waals surface area contributed by atoms with Crippen molar-refractivity contribution in [3.05, 3.63) is 31.9 Å². The van der Waals surface area contributed by atoms with Crippen molar-refractivity contribution in [2.75, 3.05) is 13.2 Å². The molecular weight excluding hydrogens is 350 g/mol. The number of halogens is 2. The normalized spacial score (nSPS) is 20.5. The first-order valence-electron chi connectivity index (χ1n) is 5.80. The Morgan fingerprint density at radius 3 is 3.06 bits per heavy atom. The summed E-state index contributed by atoms with van der Waals surface area (Å²) in [5.41, 5.74) is 2.40. The Balaban J connectivity index is 1.96. The fraction of sp³-hybridized carbons (Fsp3) is 0.538. The molecular formula is C13H16ClIO2. The second-order valence-corrected chi connectivity index (χ2v) is 5.91. The number of hydrogen-bond acceptors (Lipinski definition) is 2. The van der Waals surface area contributed by atoms with Crippen LogP contribution in [0.4, 0.5) is 0 Å². The zero-order valence-electron chi connectivity index (χ0n) is 9.84. The standard InChI is InChI=1S/C13H16ClIO2/c1-9-5-12(14)13(15)6-10(9)7-17-11-3-2-4-16-8-11/h5-6,11H,2-4,7-8H2,1H3. The van der Waals surface area contributed by atoms with Gasteiger partial charge in [0.05, 0.1) is 24.3 Å². The number of aryl methyl sites for hydroxylation is 1. The molecule has 0 radical (unpaired) electrons. The monoisotopic (exact) mass is 366 g/mol. The fourth-order valence-corrected chi connectivity index (χ4v) is 2.64. The van der Waals surface area contributed by atoms with Crippen molar-refractivity contribution in [3.8, 4) is 0 Å². The summed E-state index contributed by atoms with van der Waals surface area (Å²) in [4.78, 5) is 0. The van der Waals surface area contributed by atoms with E-state index in [0.29, 0.717) is 6.61 Å². The molecule has 1 unspecified atom stereocenters. The summed E-state index contributed by atoms with van der Waals surface area (Å²) in [6, 6.07) is 4.10. The van der Waals surface area contributed by atoms with Gasteiger partial charge in [0.15, 0.2) is 0 Å². The molecule has 2 rings (SSSR count). The van der Waals surface area contributed by atoms with Gasteiger partial charge in [-0.1, -0.05) is 11.6 Å². The largest absolute Gasteiger partial charge is 0.379 e. The molecule has 1 heterocycles. The fourth-order valence-electron chi connectivity index (χ4n) is 1.89. The van der Waals surface area contributed by atoms with Crippen molar-refractivity contribution in [1.82, 2.24) is 0 Å². The van der Waals surface area contributed by atoms with Crippen molar-refractivity contribution in [3.63, 3.8) is 0 Å². The lowest BCUT2D eigenvalue weighted by Gasteiger charge is -2.22. The molecule has 0 aliphatic carbocycles. The van der Waals surface area contributed by atoms with Gasteiger partial charge in [-0.05, 0) is 65.6 Å². The molecule has 0 spiro atoms. The molecule has 0 N–H and O–H groups in total. The molecule has 4 heteroatoms. The van der Waals surface area contributed by atoms with E-state index in [-0.39, 0.29) is 6.10 Å². The minimum atomic E-state index is 0.247. The molecule has 0 amide bonds. The van der Waals surface area contributed by atoms with Gasteiger partial charge in [0.2, 0.25) is 0 Å². The van der Waals surface area contributed by atoms with Crippen LogP contribution in [0.3, 0.4) is 0 Å². The van der Waals surface area contributed by atoms with E-state index in [9.17, 15) is 0 Å². The van der Waals surface area contributed by atoms with E-state index in [1.807, 2.05) is 6.07 Å². The van der Waals surface area contributed by atoms with Gasteiger partial charge in [0, 0.05) is 10.2 Å². The van der Waals surface area contributed by atoms with E-state index in [4.69, 9.17) is 21.1 Å². The molecule has 0 aromatic heterocycles. The first kappa shape index (κ1) is 13.6. The Bertz CT molecular complexity index is 389. The molecule has 1 atom stereocenters. The van der Waals surface area contributed by atoms with E-state index in [1.165, 1.54) is 11.1 Å². The van der Waals surface area contributed by atoms with Crippen LogP contribution in [0.1, 0.15) is 24.0 Å². The van der Waals surface area contributed by atoms with Crippen LogP contribution in [-0.4, -0.2) is 19.3 Å². The molecule has 17 heavy (non-hydrogen) atoms. The first-order valence-corrected chi connectivity index (χ1v) is 7.26. The van der Waals surface area contributed by atoms with Crippen molar-refractivity contribution in [2.24, 2.45) is 0 Å². The molecule has 0 saturated carbocycles. The number of ether oxygens (including phenoxy) is 2. The van der Waals surface area contributed by atoms with Gasteiger partial charge in [0.1, 0.15) is 0 Å². The smallest absolute Gasteiger partial charge is 0.0813 e. The van der Waals surface area contributed by atoms with Gasteiger partial charge in [-0.15, -0.1) is 0 Å². The Morgan fingerprint density at radius 1 is 1.53 bits per heavy atom. The minimum Gasteiger partial charge on any atom is -0.379 e. The van der Waals surface area contributed by atoms with Crippen LogP contribution < -0.4 is 0 Å². The van der Waals surface area contributed by atoms with Gasteiger partial charge in [-0.2, -0.15) is 0 Å². The summed E-state index contributed by atoms with van der Waals surface area (Å²) in [5.74, 6) is 0. The highest BCUT2D eigenvalue weighted by atomic mass is 127. The molecule has 1 aliphatic heterocycles. The maximum Gasteiger partial charge on any atom is 0.0813 e. The Hall–Kier alpha value is 0.160. The van der Waals surface area contributed by atoms with Crippen LogP contribution in [0.25, 0.3) is 0 Å². The molecule has 2 nitrogen and oxygen atoms in total. The lowest BCUT2D eigenvalue weighted by Crippen LogP contribution is -2.25. The van der Waals surface area contributed by atoms with Crippen LogP contribution in [0.15, 0.2) is 12.1 Å².